The molecule has 0 amide bonds. The van der Waals surface area contributed by atoms with Crippen LogP contribution in [0.3, 0.4) is 0 Å². The van der Waals surface area contributed by atoms with Gasteiger partial charge in [-0.2, -0.15) is 0 Å². The van der Waals surface area contributed by atoms with Gasteiger partial charge in [-0.15, -0.1) is 12.0 Å². The van der Waals surface area contributed by atoms with Gasteiger partial charge in [-0.3, -0.25) is 4.57 Å². The number of nitrogens with one attached hydrogen (secondary N) is 2. The van der Waals surface area contributed by atoms with Crippen LogP contribution in [0.1, 0.15) is 143 Å². The highest BCUT2D eigenvalue weighted by Crippen LogP contribution is 2.51. The summed E-state index contributed by atoms with van der Waals surface area (Å²) < 4.78 is 9.62. The van der Waals surface area contributed by atoms with E-state index in [9.17, 15) is 0 Å². The van der Waals surface area contributed by atoms with Crippen LogP contribution in [0.5, 0.6) is 11.6 Å². The molecule has 8 aromatic rings. The van der Waals surface area contributed by atoms with Gasteiger partial charge in [-0.05, 0) is 157 Å². The summed E-state index contributed by atoms with van der Waals surface area (Å²) in [4.78, 5) is 15.6. The number of benzene rings is 5. The van der Waals surface area contributed by atoms with Crippen LogP contribution >= 0.6 is 0 Å². The molecule has 0 saturated carbocycles. The maximum atomic E-state index is 7.31. The van der Waals surface area contributed by atoms with Crippen molar-refractivity contribution >= 4 is 70.1 Å². The molecule has 3 aromatic heterocycles. The highest BCUT2D eigenvalue weighted by Gasteiger charge is 2.35. The molecule has 0 saturated heterocycles. The van der Waals surface area contributed by atoms with Gasteiger partial charge < -0.3 is 25.2 Å². The van der Waals surface area contributed by atoms with E-state index in [2.05, 4.69) is 307 Å². The zero-order valence-electron chi connectivity index (χ0n) is 53.6. The second kappa shape index (κ2) is 23.5. The lowest BCUT2D eigenvalue weighted by atomic mass is 9.62. The van der Waals surface area contributed by atoms with Crippen LogP contribution in [0.25, 0.3) is 49.8 Å². The number of allylic oxidation sites excluding steroid dienone is 8. The number of anilines is 4. The van der Waals surface area contributed by atoms with Gasteiger partial charge in [-0.1, -0.05) is 176 Å². The minimum Gasteiger partial charge on any atom is -0.439 e. The summed E-state index contributed by atoms with van der Waals surface area (Å²) in [5, 5.41) is 8.91. The first-order valence-corrected chi connectivity index (χ1v) is 30.7. The van der Waals surface area contributed by atoms with Gasteiger partial charge in [0.2, 0.25) is 5.88 Å². The van der Waals surface area contributed by atoms with E-state index in [1.54, 1.807) is 0 Å². The normalized spacial score (nSPS) is 18.4. The quantitative estimate of drug-likeness (QED) is 0.147. The number of aromatic nitrogens is 3. The molecule has 6 heterocycles. The number of hydrogen-bond donors (Lipinski definition) is 2. The first-order chi connectivity index (χ1) is 41.3. The summed E-state index contributed by atoms with van der Waals surface area (Å²) >= 11 is 0. The molecule has 8 nitrogen and oxygen atoms in total. The highest BCUT2D eigenvalue weighted by molar-refractivity contribution is 6.67. The smallest absolute Gasteiger partial charge is 0.221 e. The average molecular weight is 1140 g/mol. The van der Waals surface area contributed by atoms with Crippen LogP contribution in [0.2, 0.25) is 0 Å². The molecule has 0 aliphatic carbocycles. The van der Waals surface area contributed by atoms with Crippen molar-refractivity contribution in [2.24, 2.45) is 0 Å². The summed E-state index contributed by atoms with van der Waals surface area (Å²) in [5.74, 6) is 6.29. The maximum Gasteiger partial charge on any atom is 0.221 e. The zero-order valence-corrected chi connectivity index (χ0v) is 53.6. The average Bonchev–Trinajstić information content (AvgIpc) is 1.84. The third-order valence-corrected chi connectivity index (χ3v) is 16.6. The number of rotatable bonds is 8. The first kappa shape index (κ1) is 60.0. The van der Waals surface area contributed by atoms with Gasteiger partial charge >= 0.3 is 0 Å². The molecular weight excluding hydrogens is 1060 g/mol. The Morgan fingerprint density at radius 3 is 1.64 bits per heavy atom. The topological polar surface area (TPSA) is 70.5 Å². The predicted molar refractivity (Wildman–Crippen MR) is 372 cm³/mol. The summed E-state index contributed by atoms with van der Waals surface area (Å²) in [6.45, 7) is 34.8. The molecule has 0 fully saturated rings. The van der Waals surface area contributed by atoms with Crippen molar-refractivity contribution in [3.05, 3.63) is 246 Å². The Balaban J connectivity index is 1.14. The van der Waals surface area contributed by atoms with Crippen LogP contribution < -0.4 is 25.2 Å². The minimum atomic E-state index is -0.211. The van der Waals surface area contributed by atoms with Crippen LogP contribution in [-0.2, 0) is 27.1 Å². The Labute approximate surface area is 519 Å². The standard InChI is InChI=1S/C77H83B2N7O/c1-73(2,3)51-31-34-65-57(43-51)56-33-32-55(49-68(56)86(65)69-46-52(35-42-82-69)74(4,5)6)87-70-48-54(47-64(83-70)71-60(76(10,11)12)25-22-26-61(71)77(13,14)15)84-50-85(67-30-17-16-29-66(67)84)72-58(62-27-23-40-80-38-20-18-36-78-62)44-53(75(7,8)9)45-59(72)63-28-24-41-81-39-21-19-37-79-63/h16-49,80-81H,50H2,1-15H3/b36-18-,37-19-,38-20-,39-21-,40-23-,41-24-,62-27-,63-28-. The molecule has 3 aliphatic heterocycles. The predicted octanol–water partition coefficient (Wildman–Crippen LogP) is 19.1. The Hall–Kier alpha value is -8.75. The van der Waals surface area contributed by atoms with Crippen molar-refractivity contribution in [3.8, 4) is 28.7 Å². The number of hydrogen-bond acceptors (Lipinski definition) is 7. The van der Waals surface area contributed by atoms with Crippen molar-refractivity contribution in [2.45, 2.75) is 131 Å². The van der Waals surface area contributed by atoms with Crippen LogP contribution in [-0.4, -0.2) is 35.8 Å². The lowest BCUT2D eigenvalue weighted by molar-refractivity contribution is 0.464. The number of nitrogens with zero attached hydrogens (tertiary/aromatic N) is 5. The van der Waals surface area contributed by atoms with Crippen molar-refractivity contribution < 1.29 is 4.74 Å². The molecule has 5 aromatic carbocycles. The second-order valence-electron chi connectivity index (χ2n) is 28.3. The van der Waals surface area contributed by atoms with Crippen molar-refractivity contribution in [3.63, 3.8) is 0 Å². The summed E-state index contributed by atoms with van der Waals surface area (Å²) in [5.41, 5.74) is 18.1. The number of pyridine rings is 2. The van der Waals surface area contributed by atoms with Gasteiger partial charge in [0, 0.05) is 59.5 Å². The molecule has 0 bridgehead atoms. The molecule has 438 valence electrons. The molecule has 11 rings (SSSR count). The Morgan fingerprint density at radius 2 is 1.06 bits per heavy atom. The zero-order chi connectivity index (χ0) is 61.6. The first-order valence-electron chi connectivity index (χ1n) is 30.7. The van der Waals surface area contributed by atoms with Gasteiger partial charge in [0.05, 0.1) is 39.5 Å². The number of para-hydroxylation sites is 2. The summed E-state index contributed by atoms with van der Waals surface area (Å²) in [6.07, 6.45) is 26.6. The molecule has 0 unspecified atom stereocenters. The monoisotopic (exact) mass is 1140 g/mol. The Kier molecular flexibility index (Phi) is 16.2. The van der Waals surface area contributed by atoms with Crippen LogP contribution in [0.4, 0.5) is 22.7 Å². The number of ether oxygens (including phenoxy) is 1. The summed E-state index contributed by atoms with van der Waals surface area (Å²) in [6, 6.07) is 42.6. The maximum absolute atomic E-state index is 7.31. The lowest BCUT2D eigenvalue weighted by Gasteiger charge is -2.32. The largest absolute Gasteiger partial charge is 0.439 e. The molecule has 0 atom stereocenters. The molecular formula is C77H83B2N7O. The minimum absolute atomic E-state index is 0.0412. The van der Waals surface area contributed by atoms with E-state index in [4.69, 9.17) is 14.7 Å². The molecule has 3 aliphatic rings. The van der Waals surface area contributed by atoms with E-state index in [1.807, 2.05) is 43.1 Å². The van der Waals surface area contributed by atoms with Crippen molar-refractivity contribution in [2.75, 3.05) is 16.5 Å². The van der Waals surface area contributed by atoms with Crippen LogP contribution in [0.15, 0.2) is 207 Å². The van der Waals surface area contributed by atoms with Gasteiger partial charge in [0.1, 0.15) is 18.2 Å². The summed E-state index contributed by atoms with van der Waals surface area (Å²) in [7, 11) is 4.46. The van der Waals surface area contributed by atoms with E-state index >= 15 is 0 Å². The Morgan fingerprint density at radius 1 is 0.483 bits per heavy atom. The third kappa shape index (κ3) is 12.6. The molecule has 2 N–H and O–H groups in total. The third-order valence-electron chi connectivity index (χ3n) is 16.6. The second-order valence-corrected chi connectivity index (χ2v) is 28.3. The lowest BCUT2D eigenvalue weighted by Crippen LogP contribution is -2.27. The van der Waals surface area contributed by atoms with Crippen molar-refractivity contribution in [1.82, 2.24) is 25.2 Å². The van der Waals surface area contributed by atoms with Gasteiger partial charge in [0.25, 0.3) is 0 Å². The molecule has 10 heteroatoms. The fourth-order valence-electron chi connectivity index (χ4n) is 11.9. The van der Waals surface area contributed by atoms with Crippen molar-refractivity contribution in [1.29, 1.82) is 0 Å². The van der Waals surface area contributed by atoms with E-state index in [0.29, 0.717) is 18.3 Å². The van der Waals surface area contributed by atoms with Gasteiger partial charge in [-0.25, -0.2) is 9.97 Å². The number of fused-ring (bicyclic) bond motifs is 4. The van der Waals surface area contributed by atoms with E-state index in [0.717, 1.165) is 78.3 Å². The molecule has 87 heavy (non-hydrogen) atoms. The van der Waals surface area contributed by atoms with Crippen LogP contribution in [0, 0.1) is 0 Å². The fraction of sp³-hybridized carbons (Fsp3) is 0.273. The Bertz CT molecular complexity index is 4100. The van der Waals surface area contributed by atoms with E-state index in [1.165, 1.54) is 33.2 Å². The molecule has 0 spiro atoms. The van der Waals surface area contributed by atoms with E-state index in [-0.39, 0.29) is 27.1 Å². The van der Waals surface area contributed by atoms with Gasteiger partial charge in [0.15, 0.2) is 14.6 Å². The highest BCUT2D eigenvalue weighted by atomic mass is 16.5. The molecule has 2 radical (unpaired) electrons. The fourth-order valence-corrected chi connectivity index (χ4v) is 11.9. The van der Waals surface area contributed by atoms with E-state index < -0.39 is 0 Å². The SMILES string of the molecule is CC(C)(C)c1ccnc(-n2c3ccc(C(C)(C)C)cc3c3ccc(Oc4cc(N5CN(c6c(/C7=C/C=C\N/C=C\C=C/[B]7)cc(C(C)(C)C)cc6/C6=C/C=C\N/C=C\C=C/[B]6)c6ccccc65)cc(-c5c(C(C)(C)C)cccc5C(C)(C)C)n4)cc32)c1.